The molecule has 4 bridgehead atoms. The fraction of sp³-hybridized carbons (Fsp3) is 0.603. The summed E-state index contributed by atoms with van der Waals surface area (Å²) in [6.07, 6.45) is -3.28. The number of hydrogen-bond donors (Lipinski definition) is 14. The van der Waals surface area contributed by atoms with Crippen molar-refractivity contribution in [2.75, 3.05) is 60.0 Å². The number of benzene rings is 2. The molecule has 26 nitrogen and oxygen atoms in total. The highest BCUT2D eigenvalue weighted by atomic mass is 33.1. The number of nitrogens with two attached hydrogens (primary N) is 1. The zero-order valence-electron chi connectivity index (χ0n) is 50.5. The first-order chi connectivity index (χ1) is 43.5. The summed E-state index contributed by atoms with van der Waals surface area (Å²) in [4.78, 5) is 160. The van der Waals surface area contributed by atoms with Gasteiger partial charge in [0.1, 0.15) is 29.6 Å². The van der Waals surface area contributed by atoms with E-state index >= 15 is 14.4 Å². The molecule has 0 aromatic heterocycles. The molecule has 5 amide bonds. The Balaban J connectivity index is 1.60. The van der Waals surface area contributed by atoms with Crippen LogP contribution < -0.4 is 48.3 Å². The van der Waals surface area contributed by atoms with Gasteiger partial charge >= 0.3 is 11.9 Å². The van der Waals surface area contributed by atoms with Crippen LogP contribution in [0.4, 0.5) is 0 Å². The third-order valence-electron chi connectivity index (χ3n) is 15.4. The van der Waals surface area contributed by atoms with Gasteiger partial charge in [-0.05, 0) is 87.8 Å². The van der Waals surface area contributed by atoms with Gasteiger partial charge in [-0.15, -0.1) is 0 Å². The molecule has 2 aromatic rings. The number of carboxylic acids is 1. The van der Waals surface area contributed by atoms with Gasteiger partial charge < -0.3 is 57.1 Å². The minimum atomic E-state index is -1.58. The molecule has 33 heteroatoms. The number of ether oxygens (including phenoxy) is 1. The Kier molecular flexibility index (Phi) is 31.4. The van der Waals surface area contributed by atoms with Crippen molar-refractivity contribution < 1.29 is 77.9 Å². The standard InChI is InChI=1S/C58H82N10O16S7/c1-4-18-84-58(83)40(20-33-9-13-35(71)14-10-33)63-43-26-88-86-24-36-42-25-87-90-28-47(73)41(23-85)65-49(64-37(15-16-50(75)76)54(79)67-38(53(36)78)19-32-7-11-34(70)12-8-32)29-91-89-27-44(66-51(31(3)69)56(81)60-22-46(43)72)52(77)30(2)61-55(80)45-6-5-17-68(45)57(82)39(62-42)21-48(59)74/h7-14,30-31,36-45,49,51,62-66,69-71,85H,4-6,15-29H2,1-3H3,(H2,59,74)(H,60,81)(H,61,80)(H,67,79)(H,75,76)/t30-,31+,36?,37-,38-,39-,40?,41-,42?,43?,44?,45-,49?,51-/m0/s1. The molecular formula is C58H82N10O16S7. The van der Waals surface area contributed by atoms with Gasteiger partial charge in [-0.1, -0.05) is 96.0 Å². The normalized spacial score (nSPS) is 28.6. The summed E-state index contributed by atoms with van der Waals surface area (Å²) < 4.78 is 5.60. The number of aromatic hydroxyl groups is 2. The Morgan fingerprint density at radius 1 is 0.758 bits per heavy atom. The summed E-state index contributed by atoms with van der Waals surface area (Å²) in [6, 6.07) is -2.38. The number of aliphatic carboxylic acids is 1. The topological polar surface area (TPSA) is 403 Å². The molecule has 6 unspecified atom stereocenters. The van der Waals surface area contributed by atoms with Crippen molar-refractivity contribution in [1.29, 1.82) is 0 Å². The number of primary amides is 1. The predicted octanol–water partition coefficient (Wildman–Crippen LogP) is 0.284. The van der Waals surface area contributed by atoms with E-state index in [1.54, 1.807) is 31.2 Å². The molecule has 5 saturated heterocycles. The SMILES string of the molecule is CCCOC(=O)C(Cc1ccc(O)cc1)NC1CSSCC2C(=O)[C@H](Cc3ccc(O)cc3)NC(=O)[C@H](CCC(=O)O)NC3CSSCC(N[C@@H]([C@@H](C)O)C(=O)NCC1=O)C(=O)[C@H](C)NC(=O)[C@@H]1CCCN1C(=O)[C@H](CC(N)=O)NC2CSSCC(=O)[C@H](CS)N3. The minimum absolute atomic E-state index is 0.0100. The van der Waals surface area contributed by atoms with Crippen LogP contribution in [0.2, 0.25) is 0 Å². The second-order valence-corrected chi connectivity index (χ2v) is 30.4. The van der Waals surface area contributed by atoms with Crippen LogP contribution in [0.25, 0.3) is 0 Å². The number of thiol groups is 1. The highest BCUT2D eigenvalue weighted by molar-refractivity contribution is 8.77. The number of carbonyl (C=O) groups excluding carboxylic acids is 10. The molecule has 0 radical (unpaired) electrons. The second kappa shape index (κ2) is 37.9. The number of hydrogen-bond acceptors (Lipinski definition) is 27. The van der Waals surface area contributed by atoms with Crippen LogP contribution in [-0.4, -0.2) is 229 Å². The third kappa shape index (κ3) is 23.6. The highest BCUT2D eigenvalue weighted by Gasteiger charge is 2.44. The number of aliphatic hydroxyl groups excluding tert-OH is 1. The maximum atomic E-state index is 16.1. The molecule has 91 heavy (non-hydrogen) atoms. The molecule has 14 atom stereocenters. The van der Waals surface area contributed by atoms with Crippen molar-refractivity contribution in [3.8, 4) is 11.5 Å². The minimum Gasteiger partial charge on any atom is -0.508 e. The number of carbonyl (C=O) groups is 11. The largest absolute Gasteiger partial charge is 0.508 e. The number of ketones is 4. The second-order valence-electron chi connectivity index (χ2n) is 22.4. The average Bonchev–Trinajstić information content (AvgIpc) is 3.03. The van der Waals surface area contributed by atoms with Crippen molar-refractivity contribution in [3.63, 3.8) is 0 Å². The fourth-order valence-corrected chi connectivity index (χ4v) is 18.0. The lowest BCUT2D eigenvalue weighted by molar-refractivity contribution is -0.146. The number of carboxylic acid groups (broad SMARTS) is 1. The van der Waals surface area contributed by atoms with E-state index in [4.69, 9.17) is 10.5 Å². The predicted molar refractivity (Wildman–Crippen MR) is 356 cm³/mol. The lowest BCUT2D eigenvalue weighted by Gasteiger charge is -2.35. The highest BCUT2D eigenvalue weighted by Crippen LogP contribution is 2.33. The first-order valence-corrected chi connectivity index (χ1v) is 37.9. The summed E-state index contributed by atoms with van der Waals surface area (Å²) in [5.74, 6) is -10.5. The monoisotopic (exact) mass is 1400 g/mol. The van der Waals surface area contributed by atoms with Crippen LogP contribution in [0.5, 0.6) is 11.5 Å². The third-order valence-corrected chi connectivity index (χ3v) is 23.0. The number of nitrogens with one attached hydrogen (secondary N) is 8. The molecule has 0 saturated carbocycles. The maximum absolute atomic E-state index is 16.1. The smallest absolute Gasteiger partial charge is 0.323 e. The summed E-state index contributed by atoms with van der Waals surface area (Å²) in [5, 5.41) is 65.9. The Labute approximate surface area is 557 Å². The Morgan fingerprint density at radius 3 is 2.07 bits per heavy atom. The zero-order valence-corrected chi connectivity index (χ0v) is 56.3. The Morgan fingerprint density at radius 2 is 1.41 bits per heavy atom. The van der Waals surface area contributed by atoms with E-state index in [1.807, 2.05) is 0 Å². The van der Waals surface area contributed by atoms with E-state index in [1.165, 1.54) is 53.8 Å². The van der Waals surface area contributed by atoms with Gasteiger partial charge in [0.2, 0.25) is 29.5 Å². The summed E-state index contributed by atoms with van der Waals surface area (Å²) in [5.41, 5.74) is 6.97. The lowest BCUT2D eigenvalue weighted by atomic mass is 9.89. The van der Waals surface area contributed by atoms with Crippen molar-refractivity contribution in [2.24, 2.45) is 11.7 Å². The molecule has 5 aliphatic heterocycles. The van der Waals surface area contributed by atoms with Crippen LogP contribution in [0.1, 0.15) is 70.4 Å². The number of amides is 5. The number of rotatable bonds is 16. The quantitative estimate of drug-likeness (QED) is 0.0610. The molecule has 5 fully saturated rings. The van der Waals surface area contributed by atoms with E-state index in [-0.39, 0.29) is 96.4 Å². The summed E-state index contributed by atoms with van der Waals surface area (Å²) in [7, 11) is 6.72. The van der Waals surface area contributed by atoms with Gasteiger partial charge in [0.05, 0.1) is 79.9 Å². The molecule has 5 heterocycles. The van der Waals surface area contributed by atoms with E-state index in [9.17, 15) is 58.8 Å². The number of nitrogens with zero attached hydrogens (tertiary/aromatic N) is 1. The fourth-order valence-electron chi connectivity index (χ4n) is 10.5. The molecule has 0 aliphatic carbocycles. The van der Waals surface area contributed by atoms with Gasteiger partial charge in [0.15, 0.2) is 23.1 Å². The van der Waals surface area contributed by atoms with Crippen LogP contribution in [0.15, 0.2) is 48.5 Å². The van der Waals surface area contributed by atoms with Gasteiger partial charge in [0.25, 0.3) is 0 Å². The van der Waals surface area contributed by atoms with E-state index in [0.717, 1.165) is 54.0 Å². The van der Waals surface area contributed by atoms with Crippen LogP contribution in [-0.2, 0) is 70.3 Å². The van der Waals surface area contributed by atoms with Gasteiger partial charge in [0, 0.05) is 59.4 Å². The number of phenols is 2. The molecule has 5 aliphatic rings. The first kappa shape index (κ1) is 75.3. The molecule has 7 rings (SSSR count). The molecule has 14 N–H and O–H groups in total. The van der Waals surface area contributed by atoms with Gasteiger partial charge in [-0.25, -0.2) is 0 Å². The summed E-state index contributed by atoms with van der Waals surface area (Å²) in [6.45, 7) is 3.91. The molecule has 2 aromatic carbocycles. The number of Topliss-reactive ketones (excluding diaryl/α,β-unsaturated/α-hetero) is 4. The van der Waals surface area contributed by atoms with Crippen LogP contribution >= 0.6 is 77.4 Å². The summed E-state index contributed by atoms with van der Waals surface area (Å²) >= 11 is 4.53. The van der Waals surface area contributed by atoms with Crippen LogP contribution in [0.3, 0.4) is 0 Å². The number of fused-ring (bicyclic) bond motifs is 14. The molecular weight excluding hydrogens is 1320 g/mol. The van der Waals surface area contributed by atoms with E-state index in [2.05, 4.69) is 55.2 Å². The van der Waals surface area contributed by atoms with Crippen molar-refractivity contribution in [3.05, 3.63) is 59.7 Å². The maximum Gasteiger partial charge on any atom is 0.323 e. The molecule has 0 spiro atoms. The van der Waals surface area contributed by atoms with Crippen LogP contribution in [0, 0.1) is 5.92 Å². The number of aliphatic hydroxyl groups is 1. The number of esters is 1. The van der Waals surface area contributed by atoms with E-state index < -0.39 is 163 Å². The van der Waals surface area contributed by atoms with Gasteiger partial charge in [-0.3, -0.25) is 74.0 Å². The Bertz CT molecular complexity index is 2850. The zero-order chi connectivity index (χ0) is 66.3. The van der Waals surface area contributed by atoms with Crippen molar-refractivity contribution in [2.45, 2.75) is 151 Å². The molecule has 502 valence electrons. The average molecular weight is 1400 g/mol. The van der Waals surface area contributed by atoms with Crippen molar-refractivity contribution >= 4 is 142 Å². The van der Waals surface area contributed by atoms with E-state index in [0.29, 0.717) is 24.0 Å². The van der Waals surface area contributed by atoms with Crippen molar-refractivity contribution in [1.82, 2.24) is 47.4 Å². The van der Waals surface area contributed by atoms with Gasteiger partial charge in [-0.2, -0.15) is 12.6 Å². The lowest BCUT2D eigenvalue weighted by Crippen LogP contribution is -2.61. The number of phenolic OH excluding ortho intramolecular Hbond substituents is 2. The first-order valence-electron chi connectivity index (χ1n) is 29.8. The Hall–Kier alpha value is -4.78.